The van der Waals surface area contributed by atoms with E-state index >= 15 is 0 Å². The third-order valence-corrected chi connectivity index (χ3v) is 4.80. The van der Waals surface area contributed by atoms with Crippen LogP contribution >= 0.6 is 0 Å². The lowest BCUT2D eigenvalue weighted by Crippen LogP contribution is -2.15. The van der Waals surface area contributed by atoms with E-state index < -0.39 is 0 Å². The third kappa shape index (κ3) is 21.4. The fourth-order valence-electron chi connectivity index (χ4n) is 3.13. The van der Waals surface area contributed by atoms with Crippen LogP contribution in [-0.2, 0) is 0 Å². The molecule has 0 saturated carbocycles. The molecule has 0 aromatic carbocycles. The quantitative estimate of drug-likeness (QED) is 0.165. The molecule has 0 saturated heterocycles. The molecular weight excluding hydrogens is 304 g/mol. The van der Waals surface area contributed by atoms with Crippen molar-refractivity contribution in [2.75, 3.05) is 14.1 Å². The van der Waals surface area contributed by atoms with E-state index in [0.717, 1.165) is 0 Å². The van der Waals surface area contributed by atoms with Gasteiger partial charge in [-0.15, -0.1) is 0 Å². The van der Waals surface area contributed by atoms with Crippen molar-refractivity contribution in [1.82, 2.24) is 5.01 Å². The van der Waals surface area contributed by atoms with Crippen LogP contribution in [0, 0.1) is 5.92 Å². The van der Waals surface area contributed by atoms with Gasteiger partial charge in [-0.3, -0.25) is 0 Å². The largest absolute Gasteiger partial charge is 0.303 e. The molecule has 152 valence electrons. The Bertz CT molecular complexity index is 265. The normalized spacial score (nSPS) is 12.5. The van der Waals surface area contributed by atoms with Crippen LogP contribution in [0.1, 0.15) is 125 Å². The Morgan fingerprint density at radius 1 is 0.680 bits per heavy atom. The van der Waals surface area contributed by atoms with Gasteiger partial charge >= 0.3 is 0 Å². The van der Waals surface area contributed by atoms with Gasteiger partial charge < -0.3 is 5.01 Å². The Kier molecular flexibility index (Phi) is 23.0. The van der Waals surface area contributed by atoms with Crippen LogP contribution in [0.3, 0.4) is 0 Å². The molecular formula is C23H50N2. The Morgan fingerprint density at radius 2 is 1.08 bits per heavy atom. The van der Waals surface area contributed by atoms with Gasteiger partial charge in [-0.1, -0.05) is 105 Å². The predicted molar refractivity (Wildman–Crippen MR) is 118 cm³/mol. The second kappa shape index (κ2) is 21.5. The highest BCUT2D eigenvalue weighted by molar-refractivity contribution is 5.84. The van der Waals surface area contributed by atoms with Crippen molar-refractivity contribution in [2.24, 2.45) is 11.0 Å². The van der Waals surface area contributed by atoms with Crippen LogP contribution in [0.15, 0.2) is 5.10 Å². The zero-order valence-electron chi connectivity index (χ0n) is 18.9. The lowest BCUT2D eigenvalue weighted by atomic mass is 9.94. The molecule has 1 atom stereocenters. The molecule has 0 aliphatic rings. The van der Waals surface area contributed by atoms with Gasteiger partial charge in [0.1, 0.15) is 0 Å². The van der Waals surface area contributed by atoms with E-state index in [9.17, 15) is 0 Å². The van der Waals surface area contributed by atoms with Crippen LogP contribution in [0.2, 0.25) is 0 Å². The summed E-state index contributed by atoms with van der Waals surface area (Å²) in [4.78, 5) is 0. The standard InChI is InChI=1S/C15H32N2.C8H18/c1-6-8-9-10-11-12-13-15(7-2)14(3)16-17(4)5;1-3-5-7-8-6-4-2/h15H,6-13H2,1-5H3;3-8H2,1-2H3/b16-14+;. The van der Waals surface area contributed by atoms with Crippen LogP contribution in [0.25, 0.3) is 0 Å². The molecule has 0 aromatic heterocycles. The maximum absolute atomic E-state index is 4.53. The Morgan fingerprint density at radius 3 is 1.44 bits per heavy atom. The molecule has 0 radical (unpaired) electrons. The van der Waals surface area contributed by atoms with Gasteiger partial charge in [0.05, 0.1) is 0 Å². The van der Waals surface area contributed by atoms with Gasteiger partial charge in [0.2, 0.25) is 0 Å². The van der Waals surface area contributed by atoms with E-state index in [0.29, 0.717) is 5.92 Å². The first-order valence-electron chi connectivity index (χ1n) is 11.3. The molecule has 0 aliphatic heterocycles. The highest BCUT2D eigenvalue weighted by atomic mass is 15.4. The number of unbranched alkanes of at least 4 members (excludes halogenated alkanes) is 10. The summed E-state index contributed by atoms with van der Waals surface area (Å²) in [6, 6.07) is 0. The molecule has 0 aliphatic carbocycles. The van der Waals surface area contributed by atoms with E-state index in [1.165, 1.54) is 95.6 Å². The lowest BCUT2D eigenvalue weighted by molar-refractivity contribution is 0.426. The molecule has 0 heterocycles. The Labute approximate surface area is 160 Å². The number of hydrogen-bond donors (Lipinski definition) is 0. The van der Waals surface area contributed by atoms with Crippen LogP contribution in [0.5, 0.6) is 0 Å². The average molecular weight is 355 g/mol. The average Bonchev–Trinajstić information content (AvgIpc) is 2.58. The highest BCUT2D eigenvalue weighted by Crippen LogP contribution is 2.17. The molecule has 1 unspecified atom stereocenters. The van der Waals surface area contributed by atoms with E-state index in [1.807, 2.05) is 19.1 Å². The number of hydrazone groups is 1. The van der Waals surface area contributed by atoms with Crippen LogP contribution in [0.4, 0.5) is 0 Å². The molecule has 0 bridgehead atoms. The second-order valence-electron chi connectivity index (χ2n) is 7.66. The van der Waals surface area contributed by atoms with Crippen LogP contribution < -0.4 is 0 Å². The maximum atomic E-state index is 4.53. The minimum Gasteiger partial charge on any atom is -0.303 e. The first kappa shape index (κ1) is 26.7. The van der Waals surface area contributed by atoms with E-state index in [-0.39, 0.29) is 0 Å². The zero-order valence-corrected chi connectivity index (χ0v) is 18.9. The lowest BCUT2D eigenvalue weighted by Gasteiger charge is -2.16. The molecule has 0 N–H and O–H groups in total. The molecule has 2 heteroatoms. The fourth-order valence-corrected chi connectivity index (χ4v) is 3.13. The van der Waals surface area contributed by atoms with Crippen molar-refractivity contribution in [1.29, 1.82) is 0 Å². The Balaban J connectivity index is 0. The molecule has 0 amide bonds. The van der Waals surface area contributed by atoms with Gasteiger partial charge in [0.15, 0.2) is 0 Å². The van der Waals surface area contributed by atoms with E-state index in [2.05, 4.69) is 39.7 Å². The van der Waals surface area contributed by atoms with Crippen molar-refractivity contribution < 1.29 is 0 Å². The SMILES string of the molecule is CCCCCCCC.CCCCCCCCC(CC)/C(C)=N/N(C)C. The van der Waals surface area contributed by atoms with Gasteiger partial charge in [-0.05, 0) is 25.7 Å². The van der Waals surface area contributed by atoms with Gasteiger partial charge in [-0.25, -0.2) is 0 Å². The molecule has 0 spiro atoms. The summed E-state index contributed by atoms with van der Waals surface area (Å²) in [6.45, 7) is 11.2. The Hall–Kier alpha value is -0.530. The highest BCUT2D eigenvalue weighted by Gasteiger charge is 2.09. The summed E-state index contributed by atoms with van der Waals surface area (Å²) in [7, 11) is 4.00. The monoisotopic (exact) mass is 354 g/mol. The first-order chi connectivity index (χ1) is 12.0. The minimum atomic E-state index is 0.684. The summed E-state index contributed by atoms with van der Waals surface area (Å²) in [5, 5.41) is 6.44. The number of nitrogens with zero attached hydrogens (tertiary/aromatic N) is 2. The van der Waals surface area contributed by atoms with Crippen molar-refractivity contribution in [3.05, 3.63) is 0 Å². The van der Waals surface area contributed by atoms with Crippen LogP contribution in [-0.4, -0.2) is 24.8 Å². The molecule has 0 aromatic rings. The summed E-state index contributed by atoms with van der Waals surface area (Å²) in [6.07, 6.45) is 19.3. The van der Waals surface area contributed by atoms with Crippen molar-refractivity contribution >= 4 is 5.71 Å². The zero-order chi connectivity index (χ0) is 19.3. The van der Waals surface area contributed by atoms with Gasteiger partial charge in [0, 0.05) is 19.8 Å². The smallest absolute Gasteiger partial charge is 0.0380 e. The van der Waals surface area contributed by atoms with Gasteiger partial charge in [-0.2, -0.15) is 5.10 Å². The number of hydrogen-bond acceptors (Lipinski definition) is 2. The van der Waals surface area contributed by atoms with Crippen molar-refractivity contribution in [3.63, 3.8) is 0 Å². The summed E-state index contributed by atoms with van der Waals surface area (Å²) < 4.78 is 0. The summed E-state index contributed by atoms with van der Waals surface area (Å²) in [5.41, 5.74) is 1.30. The molecule has 25 heavy (non-hydrogen) atoms. The minimum absolute atomic E-state index is 0.684. The maximum Gasteiger partial charge on any atom is 0.0380 e. The molecule has 2 nitrogen and oxygen atoms in total. The van der Waals surface area contributed by atoms with Crippen molar-refractivity contribution in [3.8, 4) is 0 Å². The molecule has 0 rings (SSSR count). The fraction of sp³-hybridized carbons (Fsp3) is 0.957. The second-order valence-corrected chi connectivity index (χ2v) is 7.66. The van der Waals surface area contributed by atoms with E-state index in [4.69, 9.17) is 0 Å². The third-order valence-electron chi connectivity index (χ3n) is 4.80. The topological polar surface area (TPSA) is 15.6 Å². The summed E-state index contributed by atoms with van der Waals surface area (Å²) >= 11 is 0. The van der Waals surface area contributed by atoms with Gasteiger partial charge in [0.25, 0.3) is 0 Å². The predicted octanol–water partition coefficient (Wildman–Crippen LogP) is 8.07. The molecule has 0 fully saturated rings. The van der Waals surface area contributed by atoms with Crippen molar-refractivity contribution in [2.45, 2.75) is 125 Å². The number of rotatable bonds is 15. The summed E-state index contributed by atoms with van der Waals surface area (Å²) in [5.74, 6) is 0.684. The first-order valence-corrected chi connectivity index (χ1v) is 11.3. The van der Waals surface area contributed by atoms with E-state index in [1.54, 1.807) is 0 Å².